The van der Waals surface area contributed by atoms with E-state index in [4.69, 9.17) is 5.73 Å². The normalized spacial score (nSPS) is 10.6. The van der Waals surface area contributed by atoms with Crippen molar-refractivity contribution in [2.45, 2.75) is 40.8 Å². The second-order valence-electron chi connectivity index (χ2n) is 8.35. The van der Waals surface area contributed by atoms with Crippen molar-refractivity contribution in [1.29, 1.82) is 0 Å². The third-order valence-electron chi connectivity index (χ3n) is 5.77. The van der Waals surface area contributed by atoms with Crippen molar-refractivity contribution in [3.8, 4) is 10.6 Å². The van der Waals surface area contributed by atoms with Gasteiger partial charge in [-0.1, -0.05) is 30.3 Å². The lowest BCUT2D eigenvalue weighted by molar-refractivity contribution is 0.0696. The molecular weight excluding hydrogens is 444 g/mol. The van der Waals surface area contributed by atoms with Crippen LogP contribution in [0.5, 0.6) is 0 Å². The first-order valence-corrected chi connectivity index (χ1v) is 12.0. The number of nitrogens with one attached hydrogen (secondary N) is 1. The van der Waals surface area contributed by atoms with E-state index in [0.717, 1.165) is 39.9 Å². The van der Waals surface area contributed by atoms with Crippen LogP contribution >= 0.6 is 11.3 Å². The van der Waals surface area contributed by atoms with Gasteiger partial charge in [0.25, 0.3) is 0 Å². The average molecular weight is 477 g/mol. The van der Waals surface area contributed by atoms with Gasteiger partial charge >= 0.3 is 5.97 Å². The molecule has 2 heterocycles. The van der Waals surface area contributed by atoms with Crippen molar-refractivity contribution < 1.29 is 9.90 Å². The molecule has 0 atom stereocenters. The summed E-state index contributed by atoms with van der Waals surface area (Å²) in [6, 6.07) is 15.8. The predicted octanol–water partition coefficient (Wildman–Crippen LogP) is 5.58. The molecule has 0 saturated heterocycles. The fourth-order valence-electron chi connectivity index (χ4n) is 4.00. The Morgan fingerprint density at radius 3 is 2.29 bits per heavy atom. The van der Waals surface area contributed by atoms with E-state index in [1.807, 2.05) is 73.3 Å². The van der Waals surface area contributed by atoms with Crippen molar-refractivity contribution in [1.82, 2.24) is 14.9 Å². The number of carboxylic acid groups (broad SMARTS) is 1. The van der Waals surface area contributed by atoms with Crippen LogP contribution in [0.3, 0.4) is 0 Å². The number of aromatic carboxylic acids is 1. The Morgan fingerprint density at radius 1 is 1.09 bits per heavy atom. The average Bonchev–Trinajstić information content (AvgIpc) is 3.38. The largest absolute Gasteiger partial charge is 0.478 e. The molecule has 4 rings (SSSR count). The number of hydrogen-bond donors (Lipinski definition) is 3. The van der Waals surface area contributed by atoms with Crippen LogP contribution in [0.25, 0.3) is 10.6 Å². The zero-order valence-corrected chi connectivity index (χ0v) is 21.2. The van der Waals surface area contributed by atoms with E-state index in [1.165, 1.54) is 16.7 Å². The first-order chi connectivity index (χ1) is 16.2. The van der Waals surface area contributed by atoms with Crippen LogP contribution in [0.1, 0.15) is 44.1 Å². The zero-order valence-electron chi connectivity index (χ0n) is 20.3. The first-order valence-electron chi connectivity index (χ1n) is 11.1. The van der Waals surface area contributed by atoms with Gasteiger partial charge in [0, 0.05) is 34.6 Å². The van der Waals surface area contributed by atoms with Gasteiger partial charge in [0.2, 0.25) is 0 Å². The number of nitrogens with zero attached hydrogens (tertiary/aromatic N) is 2. The Morgan fingerprint density at radius 2 is 1.74 bits per heavy atom. The van der Waals surface area contributed by atoms with E-state index in [2.05, 4.69) is 24.1 Å². The molecule has 2 aromatic heterocycles. The molecule has 34 heavy (non-hydrogen) atoms. The molecule has 0 amide bonds. The highest BCUT2D eigenvalue weighted by molar-refractivity contribution is 7.13. The summed E-state index contributed by atoms with van der Waals surface area (Å²) in [7, 11) is 1.95. The predicted molar refractivity (Wildman–Crippen MR) is 141 cm³/mol. The molecule has 4 N–H and O–H groups in total. The van der Waals surface area contributed by atoms with Crippen molar-refractivity contribution in [3.63, 3.8) is 0 Å². The summed E-state index contributed by atoms with van der Waals surface area (Å²) in [5, 5.41) is 15.4. The summed E-state index contributed by atoms with van der Waals surface area (Å²) < 4.78 is 1.99. The van der Waals surface area contributed by atoms with Crippen LogP contribution < -0.4 is 11.1 Å². The van der Waals surface area contributed by atoms with E-state index < -0.39 is 5.97 Å². The van der Waals surface area contributed by atoms with Gasteiger partial charge < -0.3 is 20.7 Å². The lowest BCUT2D eigenvalue weighted by Gasteiger charge is -2.09. The van der Waals surface area contributed by atoms with E-state index in [1.54, 1.807) is 17.4 Å². The number of hydrogen-bond acceptors (Lipinski definition) is 5. The molecule has 0 bridgehead atoms. The highest BCUT2D eigenvalue weighted by Crippen LogP contribution is 2.25. The number of thiazole rings is 1. The highest BCUT2D eigenvalue weighted by atomic mass is 32.1. The topological polar surface area (TPSA) is 93.2 Å². The molecule has 0 radical (unpaired) electrons. The lowest BCUT2D eigenvalue weighted by atomic mass is 10.0. The molecule has 7 heteroatoms. The van der Waals surface area contributed by atoms with Gasteiger partial charge in [-0.25, -0.2) is 9.78 Å². The molecule has 4 aromatic rings. The van der Waals surface area contributed by atoms with Gasteiger partial charge in [-0.05, 0) is 69.6 Å². The van der Waals surface area contributed by atoms with Crippen LogP contribution in [-0.4, -0.2) is 27.7 Å². The number of aromatic nitrogens is 2. The fourth-order valence-corrected chi connectivity index (χ4v) is 4.82. The van der Waals surface area contributed by atoms with Crippen molar-refractivity contribution in [2.24, 2.45) is 0 Å². The van der Waals surface area contributed by atoms with Gasteiger partial charge in [0.1, 0.15) is 5.01 Å². The molecule has 0 spiro atoms. The van der Waals surface area contributed by atoms with E-state index in [-0.39, 0.29) is 0 Å². The van der Waals surface area contributed by atoms with Gasteiger partial charge in [-0.2, -0.15) is 0 Å². The minimum absolute atomic E-state index is 0.357. The standard InChI is InChI=1S/C17H16N2O2S.C10H16N2/c1-11-8-15(17(20)21)12(2)19(11)9-14-10-22-16(18-14)13-6-4-3-5-7-13;1-7-4-9(11)5-8(2)10(7)6-12-3/h3-8,10H,9H2,1-2H3,(H,20,21);4-5,12H,6,11H2,1-3H3. The SMILES string of the molecule is CNCc1c(C)cc(N)cc1C.Cc1cc(C(=O)O)c(C)n1Cc1csc(-c2ccccc2)n1. The maximum Gasteiger partial charge on any atom is 0.337 e. The number of benzene rings is 2. The van der Waals surface area contributed by atoms with Gasteiger partial charge in [0.05, 0.1) is 17.8 Å². The molecule has 0 fully saturated rings. The molecule has 178 valence electrons. The molecule has 0 aliphatic rings. The number of anilines is 1. The molecule has 0 unspecified atom stereocenters. The Balaban J connectivity index is 0.000000229. The number of carbonyl (C=O) groups is 1. The second kappa shape index (κ2) is 11.1. The van der Waals surface area contributed by atoms with Crippen molar-refractivity contribution in [3.05, 3.63) is 93.2 Å². The van der Waals surface area contributed by atoms with E-state index in [0.29, 0.717) is 12.1 Å². The van der Waals surface area contributed by atoms with Crippen LogP contribution in [0.2, 0.25) is 0 Å². The van der Waals surface area contributed by atoms with Gasteiger partial charge in [0.15, 0.2) is 0 Å². The minimum Gasteiger partial charge on any atom is -0.478 e. The first kappa shape index (κ1) is 25.2. The van der Waals surface area contributed by atoms with Crippen LogP contribution in [-0.2, 0) is 13.1 Å². The summed E-state index contributed by atoms with van der Waals surface area (Å²) in [6.07, 6.45) is 0. The highest BCUT2D eigenvalue weighted by Gasteiger charge is 2.15. The maximum atomic E-state index is 11.2. The second-order valence-corrected chi connectivity index (χ2v) is 9.21. The van der Waals surface area contributed by atoms with E-state index in [9.17, 15) is 9.90 Å². The summed E-state index contributed by atoms with van der Waals surface area (Å²) >= 11 is 1.61. The van der Waals surface area contributed by atoms with Crippen LogP contribution in [0.15, 0.2) is 53.9 Å². The molecule has 2 aromatic carbocycles. The molecule has 0 saturated carbocycles. The summed E-state index contributed by atoms with van der Waals surface area (Å²) in [5.41, 5.74) is 14.5. The molecular formula is C27H32N4O2S. The third-order valence-corrected chi connectivity index (χ3v) is 6.71. The van der Waals surface area contributed by atoms with Crippen molar-refractivity contribution >= 4 is 23.0 Å². The minimum atomic E-state index is -0.886. The summed E-state index contributed by atoms with van der Waals surface area (Å²) in [4.78, 5) is 15.9. The van der Waals surface area contributed by atoms with Gasteiger partial charge in [-0.3, -0.25) is 0 Å². The number of carboxylic acids is 1. The number of nitrogens with two attached hydrogens (primary N) is 1. The summed E-state index contributed by atoms with van der Waals surface area (Å²) in [5.74, 6) is -0.886. The number of rotatable bonds is 6. The Kier molecular flexibility index (Phi) is 8.26. The third kappa shape index (κ3) is 5.92. The Labute approximate surface area is 205 Å². The molecule has 0 aliphatic carbocycles. The Hall–Kier alpha value is -3.42. The zero-order chi connectivity index (χ0) is 24.8. The number of aryl methyl sites for hydroxylation is 3. The number of nitrogen functional groups attached to an aromatic ring is 1. The van der Waals surface area contributed by atoms with Crippen molar-refractivity contribution in [2.75, 3.05) is 12.8 Å². The molecule has 6 nitrogen and oxygen atoms in total. The molecule has 0 aliphatic heterocycles. The lowest BCUT2D eigenvalue weighted by Crippen LogP contribution is -2.08. The van der Waals surface area contributed by atoms with Gasteiger partial charge in [-0.15, -0.1) is 11.3 Å². The summed E-state index contributed by atoms with van der Waals surface area (Å²) in [6.45, 7) is 9.45. The fraction of sp³-hybridized carbons (Fsp3) is 0.259. The van der Waals surface area contributed by atoms with E-state index >= 15 is 0 Å². The smallest absolute Gasteiger partial charge is 0.337 e. The van der Waals surface area contributed by atoms with Crippen LogP contribution in [0, 0.1) is 27.7 Å². The maximum absolute atomic E-state index is 11.2. The quantitative estimate of drug-likeness (QED) is 0.316. The van der Waals surface area contributed by atoms with Crippen LogP contribution in [0.4, 0.5) is 5.69 Å². The monoisotopic (exact) mass is 476 g/mol. The Bertz CT molecular complexity index is 1250.